The van der Waals surface area contributed by atoms with Crippen molar-refractivity contribution in [3.05, 3.63) is 71.8 Å². The molecule has 4 rings (SSSR count). The number of nitrogens with zero attached hydrogens (tertiary/aromatic N) is 2. The molecule has 0 saturated carbocycles. The molecule has 2 unspecified atom stereocenters. The first-order valence-electron chi connectivity index (χ1n) is 8.15. The van der Waals surface area contributed by atoms with Gasteiger partial charge in [-0.3, -0.25) is 9.80 Å². The Morgan fingerprint density at radius 3 is 1.52 bits per heavy atom. The molecule has 0 N–H and O–H groups in total. The Hall–Kier alpha value is -1.72. The van der Waals surface area contributed by atoms with E-state index in [1.54, 1.807) is 0 Å². The van der Waals surface area contributed by atoms with Gasteiger partial charge in [0.05, 0.1) is 32.0 Å². The van der Waals surface area contributed by atoms with E-state index in [1.165, 1.54) is 11.1 Å². The van der Waals surface area contributed by atoms with Crippen molar-refractivity contribution in [2.45, 2.75) is 12.1 Å². The number of fused-ring (bicyclic) bond motifs is 2. The standard InChI is InChI=1S/C19H22N2O2/c1-3-7-16(8-4-1)18-11-22-15-21-13-20(18)14-23-12-19(21)17-9-5-2-6-10-17/h1-10,18-19H,11-15H2/t18-,19-/m0/s1. The zero-order valence-electron chi connectivity index (χ0n) is 13.2. The monoisotopic (exact) mass is 310 g/mol. The minimum atomic E-state index is 0.246. The van der Waals surface area contributed by atoms with Crippen LogP contribution in [0.1, 0.15) is 23.2 Å². The summed E-state index contributed by atoms with van der Waals surface area (Å²) in [6, 6.07) is 21.6. The maximum absolute atomic E-state index is 6.01. The molecule has 0 aromatic heterocycles. The second-order valence-corrected chi connectivity index (χ2v) is 6.17. The van der Waals surface area contributed by atoms with Crippen LogP contribution in [0.15, 0.2) is 60.7 Å². The summed E-state index contributed by atoms with van der Waals surface area (Å²) < 4.78 is 12.0. The van der Waals surface area contributed by atoms with E-state index in [1.807, 2.05) is 0 Å². The van der Waals surface area contributed by atoms with Crippen LogP contribution in [0.2, 0.25) is 0 Å². The molecule has 2 aliphatic rings. The molecule has 2 heterocycles. The van der Waals surface area contributed by atoms with Gasteiger partial charge in [0.2, 0.25) is 0 Å². The van der Waals surface area contributed by atoms with Crippen molar-refractivity contribution in [3.63, 3.8) is 0 Å². The number of rotatable bonds is 2. The van der Waals surface area contributed by atoms with E-state index < -0.39 is 0 Å². The summed E-state index contributed by atoms with van der Waals surface area (Å²) in [5.74, 6) is 0. The first-order valence-corrected chi connectivity index (χ1v) is 8.15. The van der Waals surface area contributed by atoms with Crippen molar-refractivity contribution in [1.29, 1.82) is 0 Å². The summed E-state index contributed by atoms with van der Waals surface area (Å²) in [5.41, 5.74) is 2.58. The highest BCUT2D eigenvalue weighted by atomic mass is 16.5. The van der Waals surface area contributed by atoms with Crippen LogP contribution in [0.5, 0.6) is 0 Å². The molecule has 23 heavy (non-hydrogen) atoms. The fraction of sp³-hybridized carbons (Fsp3) is 0.368. The number of hydrogen-bond donors (Lipinski definition) is 0. The molecule has 2 aliphatic heterocycles. The summed E-state index contributed by atoms with van der Waals surface area (Å²) >= 11 is 0. The summed E-state index contributed by atoms with van der Waals surface area (Å²) in [7, 11) is 0. The summed E-state index contributed by atoms with van der Waals surface area (Å²) in [4.78, 5) is 4.73. The highest BCUT2D eigenvalue weighted by molar-refractivity contribution is 5.21. The normalized spacial score (nSPS) is 31.1. The summed E-state index contributed by atoms with van der Waals surface area (Å²) in [6.07, 6.45) is 0. The molecular weight excluding hydrogens is 288 g/mol. The SMILES string of the molecule is c1ccc([C@@H]2COCN3CN2COC[C@H]3c2ccccc2)cc1. The largest absolute Gasteiger partial charge is 0.364 e. The average molecular weight is 310 g/mol. The van der Waals surface area contributed by atoms with Crippen LogP contribution in [0.25, 0.3) is 0 Å². The van der Waals surface area contributed by atoms with E-state index in [-0.39, 0.29) is 12.1 Å². The van der Waals surface area contributed by atoms with Crippen LogP contribution in [0.4, 0.5) is 0 Å². The molecular formula is C19H22N2O2. The van der Waals surface area contributed by atoms with E-state index in [4.69, 9.17) is 9.47 Å². The lowest BCUT2D eigenvalue weighted by Gasteiger charge is -2.30. The van der Waals surface area contributed by atoms with Crippen LogP contribution in [-0.4, -0.2) is 43.1 Å². The van der Waals surface area contributed by atoms with E-state index in [0.717, 1.165) is 6.67 Å². The lowest BCUT2D eigenvalue weighted by molar-refractivity contribution is -0.0154. The molecule has 0 radical (unpaired) electrons. The molecule has 2 bridgehead atoms. The Kier molecular flexibility index (Phi) is 4.39. The maximum atomic E-state index is 6.01. The Labute approximate surface area is 137 Å². The second-order valence-electron chi connectivity index (χ2n) is 6.17. The predicted octanol–water partition coefficient (Wildman–Crippen LogP) is 3.01. The van der Waals surface area contributed by atoms with Gasteiger partial charge in [-0.25, -0.2) is 0 Å². The lowest BCUT2D eigenvalue weighted by atomic mass is 10.1. The van der Waals surface area contributed by atoms with Gasteiger partial charge < -0.3 is 9.47 Å². The van der Waals surface area contributed by atoms with E-state index >= 15 is 0 Å². The van der Waals surface area contributed by atoms with Gasteiger partial charge in [0, 0.05) is 0 Å². The second kappa shape index (κ2) is 6.81. The Bertz CT molecular complexity index is 564. The molecule has 120 valence electrons. The molecule has 4 atom stereocenters. The molecule has 2 fully saturated rings. The lowest BCUT2D eigenvalue weighted by Crippen LogP contribution is -2.38. The number of ether oxygens (including phenoxy) is 2. The van der Waals surface area contributed by atoms with Gasteiger partial charge in [0.1, 0.15) is 13.5 Å². The smallest absolute Gasteiger partial charge is 0.101 e. The van der Waals surface area contributed by atoms with Crippen molar-refractivity contribution < 1.29 is 9.47 Å². The van der Waals surface area contributed by atoms with E-state index in [2.05, 4.69) is 70.5 Å². The van der Waals surface area contributed by atoms with Crippen LogP contribution in [-0.2, 0) is 9.47 Å². The zero-order chi connectivity index (χ0) is 15.5. The van der Waals surface area contributed by atoms with Crippen LogP contribution in [0, 0.1) is 0 Å². The van der Waals surface area contributed by atoms with Crippen molar-refractivity contribution >= 4 is 0 Å². The predicted molar refractivity (Wildman–Crippen MR) is 88.5 cm³/mol. The Balaban J connectivity index is 1.58. The van der Waals surface area contributed by atoms with Gasteiger partial charge in [-0.05, 0) is 11.1 Å². The van der Waals surface area contributed by atoms with Gasteiger partial charge in [0.25, 0.3) is 0 Å². The van der Waals surface area contributed by atoms with Crippen molar-refractivity contribution in [3.8, 4) is 0 Å². The third-order valence-electron chi connectivity index (χ3n) is 4.68. The van der Waals surface area contributed by atoms with Crippen LogP contribution < -0.4 is 0 Å². The van der Waals surface area contributed by atoms with Gasteiger partial charge >= 0.3 is 0 Å². The van der Waals surface area contributed by atoms with Gasteiger partial charge in [-0.1, -0.05) is 60.7 Å². The number of benzene rings is 2. The highest BCUT2D eigenvalue weighted by Gasteiger charge is 2.33. The fourth-order valence-corrected chi connectivity index (χ4v) is 3.43. The third-order valence-corrected chi connectivity index (χ3v) is 4.68. The quantitative estimate of drug-likeness (QED) is 0.851. The van der Waals surface area contributed by atoms with Gasteiger partial charge in [-0.15, -0.1) is 0 Å². The summed E-state index contributed by atoms with van der Waals surface area (Å²) in [5, 5.41) is 0. The Morgan fingerprint density at radius 2 is 1.09 bits per heavy atom. The highest BCUT2D eigenvalue weighted by Crippen LogP contribution is 2.31. The van der Waals surface area contributed by atoms with E-state index in [0.29, 0.717) is 26.7 Å². The minimum Gasteiger partial charge on any atom is -0.364 e. The third kappa shape index (κ3) is 3.16. The summed E-state index contributed by atoms with van der Waals surface area (Å²) in [6.45, 7) is 3.54. The fourth-order valence-electron chi connectivity index (χ4n) is 3.43. The molecule has 0 aliphatic carbocycles. The molecule has 4 heteroatoms. The first-order chi connectivity index (χ1) is 11.4. The molecule has 4 nitrogen and oxygen atoms in total. The topological polar surface area (TPSA) is 24.9 Å². The number of hydrogen-bond acceptors (Lipinski definition) is 4. The van der Waals surface area contributed by atoms with Crippen molar-refractivity contribution in [2.24, 2.45) is 0 Å². The van der Waals surface area contributed by atoms with Gasteiger partial charge in [-0.2, -0.15) is 0 Å². The van der Waals surface area contributed by atoms with Crippen LogP contribution in [0.3, 0.4) is 0 Å². The van der Waals surface area contributed by atoms with Crippen LogP contribution >= 0.6 is 0 Å². The van der Waals surface area contributed by atoms with E-state index in [9.17, 15) is 0 Å². The Morgan fingerprint density at radius 1 is 0.652 bits per heavy atom. The maximum Gasteiger partial charge on any atom is 0.101 e. The molecule has 2 aromatic rings. The van der Waals surface area contributed by atoms with Crippen molar-refractivity contribution in [1.82, 2.24) is 9.80 Å². The zero-order valence-corrected chi connectivity index (χ0v) is 13.2. The molecule has 2 aromatic carbocycles. The first kappa shape index (κ1) is 14.8. The molecule has 0 spiro atoms. The van der Waals surface area contributed by atoms with Crippen molar-refractivity contribution in [2.75, 3.05) is 33.3 Å². The molecule has 0 amide bonds. The average Bonchev–Trinajstić information content (AvgIpc) is 2.96. The minimum absolute atomic E-state index is 0.246. The molecule has 2 saturated heterocycles. The van der Waals surface area contributed by atoms with Gasteiger partial charge in [0.15, 0.2) is 0 Å².